The Kier molecular flexibility index (Phi) is 5.48. The van der Waals surface area contributed by atoms with E-state index in [2.05, 4.69) is 5.32 Å². The van der Waals surface area contributed by atoms with Crippen molar-refractivity contribution in [2.75, 3.05) is 11.9 Å². The molecule has 2 aromatic carbocycles. The van der Waals surface area contributed by atoms with Crippen LogP contribution in [0.3, 0.4) is 0 Å². The summed E-state index contributed by atoms with van der Waals surface area (Å²) in [6, 6.07) is 13.4. The normalized spacial score (nSPS) is 17.5. The zero-order valence-electron chi connectivity index (χ0n) is 14.3. The van der Waals surface area contributed by atoms with Gasteiger partial charge in [0.1, 0.15) is 12.2 Å². The number of benzene rings is 2. The zero-order valence-corrected chi connectivity index (χ0v) is 15.0. The highest BCUT2D eigenvalue weighted by molar-refractivity contribution is 6.32. The summed E-state index contributed by atoms with van der Waals surface area (Å²) in [6.07, 6.45) is -1.54. The van der Waals surface area contributed by atoms with E-state index >= 15 is 0 Å². The number of amides is 1. The van der Waals surface area contributed by atoms with Crippen LogP contribution in [0.2, 0.25) is 5.02 Å². The predicted octanol–water partition coefficient (Wildman–Crippen LogP) is 2.92. The van der Waals surface area contributed by atoms with Gasteiger partial charge in [-0.15, -0.1) is 0 Å². The van der Waals surface area contributed by atoms with Crippen LogP contribution in [0.4, 0.5) is 5.69 Å². The number of nitrogens with one attached hydrogen (secondary N) is 1. The standard InChI is InChI=1S/C19H15ClN2O5/c1-11-18(27-16-5-3-2-4-15(16)26-11)19(24)25-10-17(23)22-13-7-6-12(9-21)14(20)8-13/h2-8,11,18H,10H2,1H3,(H,22,23). The van der Waals surface area contributed by atoms with Gasteiger partial charge in [0.15, 0.2) is 18.1 Å². The molecule has 138 valence electrons. The first-order chi connectivity index (χ1) is 13.0. The van der Waals surface area contributed by atoms with Gasteiger partial charge >= 0.3 is 5.97 Å². The summed E-state index contributed by atoms with van der Waals surface area (Å²) in [6.45, 7) is 1.19. The molecule has 0 fully saturated rings. The molecule has 1 amide bonds. The lowest BCUT2D eigenvalue weighted by atomic mass is 10.2. The maximum atomic E-state index is 12.2. The van der Waals surface area contributed by atoms with E-state index in [9.17, 15) is 9.59 Å². The molecule has 1 N–H and O–H groups in total. The van der Waals surface area contributed by atoms with Crippen LogP contribution in [-0.4, -0.2) is 30.7 Å². The van der Waals surface area contributed by atoms with E-state index in [-0.39, 0.29) is 5.02 Å². The molecule has 1 aliphatic heterocycles. The molecule has 3 rings (SSSR count). The lowest BCUT2D eigenvalue weighted by Crippen LogP contribution is -2.45. The van der Waals surface area contributed by atoms with Crippen LogP contribution < -0.4 is 14.8 Å². The Morgan fingerprint density at radius 1 is 1.22 bits per heavy atom. The Bertz CT molecular complexity index is 925. The molecule has 0 spiro atoms. The summed E-state index contributed by atoms with van der Waals surface area (Å²) < 4.78 is 16.3. The summed E-state index contributed by atoms with van der Waals surface area (Å²) in [5, 5.41) is 11.6. The van der Waals surface area contributed by atoms with Gasteiger partial charge in [0.25, 0.3) is 5.91 Å². The first-order valence-corrected chi connectivity index (χ1v) is 8.44. The van der Waals surface area contributed by atoms with Crippen molar-refractivity contribution in [3.8, 4) is 17.6 Å². The van der Waals surface area contributed by atoms with Gasteiger partial charge in [0.2, 0.25) is 6.10 Å². The number of ether oxygens (including phenoxy) is 3. The first-order valence-electron chi connectivity index (χ1n) is 8.06. The maximum Gasteiger partial charge on any atom is 0.351 e. The Labute approximate surface area is 160 Å². The largest absolute Gasteiger partial charge is 0.482 e. The molecule has 2 aromatic rings. The van der Waals surface area contributed by atoms with Crippen molar-refractivity contribution in [2.45, 2.75) is 19.1 Å². The number of fused-ring (bicyclic) bond motifs is 1. The van der Waals surface area contributed by atoms with Crippen molar-refractivity contribution in [1.29, 1.82) is 5.26 Å². The summed E-state index contributed by atoms with van der Waals surface area (Å²) in [5.41, 5.74) is 0.685. The van der Waals surface area contributed by atoms with Crippen LogP contribution in [0, 0.1) is 11.3 Å². The van der Waals surface area contributed by atoms with Crippen LogP contribution in [0.5, 0.6) is 11.5 Å². The molecule has 27 heavy (non-hydrogen) atoms. The third-order valence-electron chi connectivity index (χ3n) is 3.79. The number of nitrogens with zero attached hydrogens (tertiary/aromatic N) is 1. The summed E-state index contributed by atoms with van der Waals surface area (Å²) in [5.74, 6) is -0.266. The monoisotopic (exact) mass is 386 g/mol. The SMILES string of the molecule is CC1Oc2ccccc2OC1C(=O)OCC(=O)Nc1ccc(C#N)c(Cl)c1. The Morgan fingerprint density at radius 2 is 1.93 bits per heavy atom. The van der Waals surface area contributed by atoms with Crippen LogP contribution in [-0.2, 0) is 14.3 Å². The molecule has 2 atom stereocenters. The third-order valence-corrected chi connectivity index (χ3v) is 4.11. The Balaban J connectivity index is 1.55. The molecular weight excluding hydrogens is 372 g/mol. The van der Waals surface area contributed by atoms with E-state index in [4.69, 9.17) is 31.1 Å². The molecule has 0 saturated heterocycles. The van der Waals surface area contributed by atoms with Crippen LogP contribution in [0.15, 0.2) is 42.5 Å². The van der Waals surface area contributed by atoms with Gasteiger partial charge in [-0.05, 0) is 37.3 Å². The first kappa shape index (κ1) is 18.5. The highest BCUT2D eigenvalue weighted by Gasteiger charge is 2.35. The molecule has 8 heteroatoms. The summed E-state index contributed by atoms with van der Waals surface area (Å²) in [4.78, 5) is 24.2. The fraction of sp³-hybridized carbons (Fsp3) is 0.211. The van der Waals surface area contributed by atoms with E-state index < -0.39 is 30.7 Å². The average molecular weight is 387 g/mol. The second-order valence-electron chi connectivity index (χ2n) is 5.77. The van der Waals surface area contributed by atoms with E-state index in [1.54, 1.807) is 31.2 Å². The topological polar surface area (TPSA) is 97.7 Å². The second-order valence-corrected chi connectivity index (χ2v) is 6.18. The summed E-state index contributed by atoms with van der Waals surface area (Å²) in [7, 11) is 0. The number of hydrogen-bond acceptors (Lipinski definition) is 6. The Morgan fingerprint density at radius 3 is 2.59 bits per heavy atom. The van der Waals surface area contributed by atoms with Crippen LogP contribution in [0.25, 0.3) is 0 Å². The highest BCUT2D eigenvalue weighted by atomic mass is 35.5. The smallest absolute Gasteiger partial charge is 0.351 e. The van der Waals surface area contributed by atoms with Crippen LogP contribution >= 0.6 is 11.6 Å². The minimum absolute atomic E-state index is 0.215. The van der Waals surface area contributed by atoms with Crippen molar-refractivity contribution < 1.29 is 23.8 Å². The maximum absolute atomic E-state index is 12.2. The summed E-state index contributed by atoms with van der Waals surface area (Å²) >= 11 is 5.91. The quantitative estimate of drug-likeness (QED) is 0.811. The second kappa shape index (κ2) is 7.98. The van der Waals surface area contributed by atoms with Gasteiger partial charge in [-0.3, -0.25) is 4.79 Å². The minimum Gasteiger partial charge on any atom is -0.482 e. The number of rotatable bonds is 4. The van der Waals surface area contributed by atoms with Crippen molar-refractivity contribution in [2.24, 2.45) is 0 Å². The number of carbonyl (C=O) groups excluding carboxylic acids is 2. The van der Waals surface area contributed by atoms with Gasteiger partial charge in [-0.2, -0.15) is 5.26 Å². The van der Waals surface area contributed by atoms with Crippen molar-refractivity contribution in [1.82, 2.24) is 0 Å². The van der Waals surface area contributed by atoms with Crippen molar-refractivity contribution in [3.63, 3.8) is 0 Å². The molecule has 7 nitrogen and oxygen atoms in total. The molecule has 0 bridgehead atoms. The van der Waals surface area contributed by atoms with E-state index in [0.717, 1.165) is 0 Å². The molecule has 0 aromatic heterocycles. The van der Waals surface area contributed by atoms with Gasteiger partial charge in [0, 0.05) is 5.69 Å². The number of hydrogen-bond donors (Lipinski definition) is 1. The van der Waals surface area contributed by atoms with Gasteiger partial charge in [-0.1, -0.05) is 23.7 Å². The zero-order chi connectivity index (χ0) is 19.4. The number of halogens is 1. The lowest BCUT2D eigenvalue weighted by Gasteiger charge is -2.30. The average Bonchev–Trinajstić information content (AvgIpc) is 2.65. The fourth-order valence-electron chi connectivity index (χ4n) is 2.48. The number of anilines is 1. The third kappa shape index (κ3) is 4.30. The van der Waals surface area contributed by atoms with Crippen molar-refractivity contribution >= 4 is 29.2 Å². The molecule has 0 radical (unpaired) electrons. The predicted molar refractivity (Wildman–Crippen MR) is 96.7 cm³/mol. The van der Waals surface area contributed by atoms with Gasteiger partial charge < -0.3 is 19.5 Å². The van der Waals surface area contributed by atoms with Crippen LogP contribution in [0.1, 0.15) is 12.5 Å². The Hall–Kier alpha value is -3.24. The van der Waals surface area contributed by atoms with Gasteiger partial charge in [0.05, 0.1) is 10.6 Å². The molecule has 1 aliphatic rings. The molecule has 1 heterocycles. The van der Waals surface area contributed by atoms with Crippen molar-refractivity contribution in [3.05, 3.63) is 53.1 Å². The highest BCUT2D eigenvalue weighted by Crippen LogP contribution is 2.33. The number of carbonyl (C=O) groups is 2. The molecule has 2 unspecified atom stereocenters. The number of esters is 1. The number of nitriles is 1. The fourth-order valence-corrected chi connectivity index (χ4v) is 2.70. The molecule has 0 saturated carbocycles. The van der Waals surface area contributed by atoms with Gasteiger partial charge in [-0.25, -0.2) is 4.79 Å². The van der Waals surface area contributed by atoms with E-state index in [0.29, 0.717) is 22.7 Å². The molecular formula is C19H15ClN2O5. The van der Waals surface area contributed by atoms with E-state index in [1.165, 1.54) is 18.2 Å². The number of para-hydroxylation sites is 2. The molecule has 0 aliphatic carbocycles. The minimum atomic E-state index is -0.975. The lowest BCUT2D eigenvalue weighted by molar-refractivity contribution is -0.159. The van der Waals surface area contributed by atoms with E-state index in [1.807, 2.05) is 6.07 Å².